The van der Waals surface area contributed by atoms with E-state index >= 15 is 0 Å². The van der Waals surface area contributed by atoms with Gasteiger partial charge in [-0.05, 0) is 52.0 Å². The molecule has 0 amide bonds. The highest BCUT2D eigenvalue weighted by atomic mass is 79.9. The van der Waals surface area contributed by atoms with Crippen molar-refractivity contribution in [3.63, 3.8) is 0 Å². The van der Waals surface area contributed by atoms with Crippen LogP contribution in [0.1, 0.15) is 17.5 Å². The highest BCUT2D eigenvalue weighted by Crippen LogP contribution is 2.29. The minimum Gasteiger partial charge on any atom is -0.388 e. The zero-order valence-electron chi connectivity index (χ0n) is 11.8. The second-order valence-corrected chi connectivity index (χ2v) is 10.0. The van der Waals surface area contributed by atoms with Gasteiger partial charge in [-0.1, -0.05) is 24.3 Å². The van der Waals surface area contributed by atoms with Crippen molar-refractivity contribution >= 4 is 37.3 Å². The Kier molecular flexibility index (Phi) is 4.44. The number of rotatable bonds is 4. The number of thiophene rings is 1. The predicted octanol–water partition coefficient (Wildman–Crippen LogP) is 2.71. The van der Waals surface area contributed by atoms with Crippen LogP contribution in [0.25, 0.3) is 0 Å². The van der Waals surface area contributed by atoms with Gasteiger partial charge in [0.15, 0.2) is 0 Å². The number of halogens is 1. The maximum Gasteiger partial charge on any atom is 0.250 e. The number of hydrogen-bond acceptors (Lipinski definition) is 4. The first-order chi connectivity index (χ1) is 10.4. The second-order valence-electron chi connectivity index (χ2n) is 5.55. The molecule has 118 valence electrons. The number of benzene rings is 1. The standard InChI is InChI=1S/C15H16BrNO3S2/c16-13-5-6-14(21-13)22(19,20)17-10-15(18)8-7-11-3-1-2-4-12(11)9-15/h1-6,17-18H,7-10H2. The van der Waals surface area contributed by atoms with E-state index in [1.54, 1.807) is 12.1 Å². The second kappa shape index (κ2) is 6.05. The maximum absolute atomic E-state index is 12.2. The topological polar surface area (TPSA) is 66.4 Å². The molecule has 4 nitrogen and oxygen atoms in total. The molecule has 0 saturated carbocycles. The lowest BCUT2D eigenvalue weighted by molar-refractivity contribution is 0.0317. The molecule has 0 radical (unpaired) electrons. The molecule has 0 spiro atoms. The normalized spacial score (nSPS) is 21.5. The van der Waals surface area contributed by atoms with E-state index in [1.165, 1.54) is 5.56 Å². The van der Waals surface area contributed by atoms with Crippen molar-refractivity contribution in [2.24, 2.45) is 0 Å². The van der Waals surface area contributed by atoms with E-state index in [-0.39, 0.29) is 10.8 Å². The molecular formula is C15H16BrNO3S2. The molecule has 2 N–H and O–H groups in total. The third-order valence-electron chi connectivity index (χ3n) is 3.90. The fourth-order valence-electron chi connectivity index (χ4n) is 2.68. The molecule has 3 rings (SSSR count). The monoisotopic (exact) mass is 401 g/mol. The van der Waals surface area contributed by atoms with Crippen molar-refractivity contribution in [1.82, 2.24) is 4.72 Å². The van der Waals surface area contributed by atoms with Crippen molar-refractivity contribution in [1.29, 1.82) is 0 Å². The summed E-state index contributed by atoms with van der Waals surface area (Å²) in [6.45, 7) is 0.0270. The largest absolute Gasteiger partial charge is 0.388 e. The average molecular weight is 402 g/mol. The van der Waals surface area contributed by atoms with E-state index in [4.69, 9.17) is 0 Å². The molecule has 1 aromatic carbocycles. The molecule has 1 unspecified atom stereocenters. The molecular weight excluding hydrogens is 386 g/mol. The number of aryl methyl sites for hydroxylation is 1. The molecule has 0 fully saturated rings. The van der Waals surface area contributed by atoms with E-state index in [2.05, 4.69) is 26.7 Å². The third-order valence-corrected chi connectivity index (χ3v) is 7.42. The quantitative estimate of drug-likeness (QED) is 0.827. The molecule has 1 aliphatic carbocycles. The van der Waals surface area contributed by atoms with Crippen LogP contribution >= 0.6 is 27.3 Å². The summed E-state index contributed by atoms with van der Waals surface area (Å²) in [5.41, 5.74) is 1.29. The zero-order valence-corrected chi connectivity index (χ0v) is 15.0. The van der Waals surface area contributed by atoms with Crippen LogP contribution in [0, 0.1) is 0 Å². The molecule has 7 heteroatoms. The van der Waals surface area contributed by atoms with Crippen LogP contribution < -0.4 is 4.72 Å². The molecule has 0 saturated heterocycles. The Morgan fingerprint density at radius 3 is 2.64 bits per heavy atom. The Bertz CT molecular complexity index is 788. The van der Waals surface area contributed by atoms with Crippen LogP contribution in [0.15, 0.2) is 44.4 Å². The van der Waals surface area contributed by atoms with Gasteiger partial charge in [-0.3, -0.25) is 0 Å². The minimum atomic E-state index is -3.58. The van der Waals surface area contributed by atoms with Gasteiger partial charge >= 0.3 is 0 Å². The van der Waals surface area contributed by atoms with Crippen LogP contribution in [0.4, 0.5) is 0 Å². The van der Waals surface area contributed by atoms with E-state index in [0.717, 1.165) is 27.1 Å². The Labute approximate surface area is 142 Å². The van der Waals surface area contributed by atoms with Crippen molar-refractivity contribution in [2.45, 2.75) is 29.1 Å². The highest BCUT2D eigenvalue weighted by molar-refractivity contribution is 9.11. The van der Waals surface area contributed by atoms with Crippen molar-refractivity contribution in [2.75, 3.05) is 6.54 Å². The molecule has 1 heterocycles. The molecule has 1 aliphatic rings. The smallest absolute Gasteiger partial charge is 0.250 e. The zero-order chi connectivity index (χ0) is 15.8. The fourth-order valence-corrected chi connectivity index (χ4v) is 5.85. The Morgan fingerprint density at radius 2 is 1.95 bits per heavy atom. The first kappa shape index (κ1) is 16.1. The first-order valence-corrected chi connectivity index (χ1v) is 10.0. The van der Waals surface area contributed by atoms with E-state index < -0.39 is 15.6 Å². The summed E-state index contributed by atoms with van der Waals surface area (Å²) in [5.74, 6) is 0. The summed E-state index contributed by atoms with van der Waals surface area (Å²) in [6.07, 6.45) is 1.79. The van der Waals surface area contributed by atoms with Crippen LogP contribution in [0.2, 0.25) is 0 Å². The lowest BCUT2D eigenvalue weighted by atomic mass is 9.80. The number of fused-ring (bicyclic) bond motifs is 1. The summed E-state index contributed by atoms with van der Waals surface area (Å²) in [7, 11) is -3.58. The van der Waals surface area contributed by atoms with E-state index in [0.29, 0.717) is 12.8 Å². The molecule has 0 bridgehead atoms. The van der Waals surface area contributed by atoms with E-state index in [9.17, 15) is 13.5 Å². The maximum atomic E-state index is 12.2. The van der Waals surface area contributed by atoms with Gasteiger partial charge in [-0.25, -0.2) is 13.1 Å². The number of sulfonamides is 1. The van der Waals surface area contributed by atoms with Crippen molar-refractivity contribution in [3.8, 4) is 0 Å². The van der Waals surface area contributed by atoms with E-state index in [1.807, 2.05) is 18.2 Å². The summed E-state index contributed by atoms with van der Waals surface area (Å²) in [4.78, 5) is 0. The molecule has 0 aliphatic heterocycles. The average Bonchev–Trinajstić information content (AvgIpc) is 2.93. The van der Waals surface area contributed by atoms with Crippen LogP contribution in [-0.4, -0.2) is 25.7 Å². The van der Waals surface area contributed by atoms with Crippen molar-refractivity contribution < 1.29 is 13.5 Å². The summed E-state index contributed by atoms with van der Waals surface area (Å²) in [5, 5.41) is 10.7. The third kappa shape index (κ3) is 3.44. The van der Waals surface area contributed by atoms with Gasteiger partial charge in [0.2, 0.25) is 10.0 Å². The van der Waals surface area contributed by atoms with Gasteiger partial charge < -0.3 is 5.11 Å². The van der Waals surface area contributed by atoms with Crippen LogP contribution in [0.3, 0.4) is 0 Å². The minimum absolute atomic E-state index is 0.0270. The number of nitrogens with one attached hydrogen (secondary N) is 1. The summed E-state index contributed by atoms with van der Waals surface area (Å²) in [6, 6.07) is 11.2. The molecule has 1 aromatic heterocycles. The Hall–Kier alpha value is -0.730. The lowest BCUT2D eigenvalue weighted by Gasteiger charge is -2.33. The Balaban J connectivity index is 1.71. The first-order valence-electron chi connectivity index (χ1n) is 6.92. The molecule has 2 aromatic rings. The Morgan fingerprint density at radius 1 is 1.23 bits per heavy atom. The predicted molar refractivity (Wildman–Crippen MR) is 90.6 cm³/mol. The molecule has 22 heavy (non-hydrogen) atoms. The van der Waals surface area contributed by atoms with Gasteiger partial charge in [0.25, 0.3) is 0 Å². The van der Waals surface area contributed by atoms with Gasteiger partial charge in [-0.2, -0.15) is 0 Å². The van der Waals surface area contributed by atoms with Crippen molar-refractivity contribution in [3.05, 3.63) is 51.3 Å². The summed E-state index contributed by atoms with van der Waals surface area (Å²) >= 11 is 4.41. The number of hydrogen-bond donors (Lipinski definition) is 2. The van der Waals surface area contributed by atoms with Gasteiger partial charge in [0, 0.05) is 13.0 Å². The number of aliphatic hydroxyl groups is 1. The summed E-state index contributed by atoms with van der Waals surface area (Å²) < 4.78 is 28.0. The molecule has 1 atom stereocenters. The van der Waals surface area contributed by atoms with Crippen LogP contribution in [-0.2, 0) is 22.9 Å². The van der Waals surface area contributed by atoms with Gasteiger partial charge in [-0.15, -0.1) is 11.3 Å². The fraction of sp³-hybridized carbons (Fsp3) is 0.333. The van der Waals surface area contributed by atoms with Crippen LogP contribution in [0.5, 0.6) is 0 Å². The lowest BCUT2D eigenvalue weighted by Crippen LogP contribution is -2.46. The highest BCUT2D eigenvalue weighted by Gasteiger charge is 2.33. The van der Waals surface area contributed by atoms with Gasteiger partial charge in [0.1, 0.15) is 4.21 Å². The SMILES string of the molecule is O=S(=O)(NCC1(O)CCc2ccccc2C1)c1ccc(Br)s1. The van der Waals surface area contributed by atoms with Gasteiger partial charge in [0.05, 0.1) is 9.39 Å².